The number of benzene rings is 1. The summed E-state index contributed by atoms with van der Waals surface area (Å²) in [6.07, 6.45) is 1.64. The molecule has 0 aliphatic carbocycles. The van der Waals surface area contributed by atoms with Crippen LogP contribution in [0, 0.1) is 13.8 Å². The van der Waals surface area contributed by atoms with Crippen LogP contribution in [0.4, 0.5) is 5.69 Å². The van der Waals surface area contributed by atoms with Crippen LogP contribution < -0.4 is 10.9 Å². The molecule has 3 aromatic heterocycles. The van der Waals surface area contributed by atoms with Gasteiger partial charge < -0.3 is 10.3 Å². The van der Waals surface area contributed by atoms with Crippen molar-refractivity contribution in [1.29, 1.82) is 0 Å². The average molecular weight is 376 g/mol. The molecule has 4 aromatic rings. The topological polar surface area (TPSA) is 87.7 Å². The molecule has 2 N–H and O–H groups in total. The van der Waals surface area contributed by atoms with E-state index in [9.17, 15) is 9.59 Å². The van der Waals surface area contributed by atoms with E-state index < -0.39 is 0 Å². The van der Waals surface area contributed by atoms with Gasteiger partial charge in [0.15, 0.2) is 5.82 Å². The molecule has 3 heterocycles. The first kappa shape index (κ1) is 17.1. The molecule has 4 rings (SSSR count). The van der Waals surface area contributed by atoms with Crippen LogP contribution in [0.5, 0.6) is 0 Å². The molecule has 0 bridgehead atoms. The maximum Gasteiger partial charge on any atom is 0.266 e. The number of anilines is 1. The van der Waals surface area contributed by atoms with Crippen LogP contribution in [0.25, 0.3) is 21.7 Å². The maximum absolute atomic E-state index is 12.8. The number of nitrogens with one attached hydrogen (secondary N) is 2. The van der Waals surface area contributed by atoms with Crippen LogP contribution >= 0.6 is 11.3 Å². The summed E-state index contributed by atoms with van der Waals surface area (Å²) in [5.74, 6) is 0.142. The number of pyridine rings is 1. The van der Waals surface area contributed by atoms with Gasteiger partial charge in [-0.2, -0.15) is 0 Å². The lowest BCUT2D eigenvalue weighted by molar-refractivity contribution is 0.103. The smallest absolute Gasteiger partial charge is 0.266 e. The SMILES string of the molecule is Cc1ccccc1NC(=O)c1sc2nc(-c3ccccn3)[nH]c(=O)c2c1C. The van der Waals surface area contributed by atoms with E-state index in [1.54, 1.807) is 25.3 Å². The average Bonchev–Trinajstić information content (AvgIpc) is 3.01. The summed E-state index contributed by atoms with van der Waals surface area (Å²) in [6, 6.07) is 13.0. The number of rotatable bonds is 3. The monoisotopic (exact) mass is 376 g/mol. The third kappa shape index (κ3) is 3.13. The van der Waals surface area contributed by atoms with Crippen molar-refractivity contribution in [2.45, 2.75) is 13.8 Å². The number of aryl methyl sites for hydroxylation is 2. The zero-order chi connectivity index (χ0) is 19.0. The molecule has 0 saturated heterocycles. The molecule has 0 aliphatic rings. The number of H-pyrrole nitrogens is 1. The molecule has 1 aromatic carbocycles. The second-order valence-electron chi connectivity index (χ2n) is 6.13. The van der Waals surface area contributed by atoms with E-state index in [0.29, 0.717) is 32.2 Å². The maximum atomic E-state index is 12.8. The quantitative estimate of drug-likeness (QED) is 0.567. The summed E-state index contributed by atoms with van der Waals surface area (Å²) in [7, 11) is 0. The highest BCUT2D eigenvalue weighted by molar-refractivity contribution is 7.20. The summed E-state index contributed by atoms with van der Waals surface area (Å²) < 4.78 is 0. The van der Waals surface area contributed by atoms with Gasteiger partial charge in [0.25, 0.3) is 11.5 Å². The largest absolute Gasteiger partial charge is 0.321 e. The van der Waals surface area contributed by atoms with Gasteiger partial charge in [0.05, 0.1) is 10.3 Å². The van der Waals surface area contributed by atoms with Gasteiger partial charge in [-0.1, -0.05) is 24.3 Å². The highest BCUT2D eigenvalue weighted by atomic mass is 32.1. The predicted octanol–water partition coefficient (Wildman–Crippen LogP) is 3.92. The van der Waals surface area contributed by atoms with Gasteiger partial charge in [0, 0.05) is 11.9 Å². The van der Waals surface area contributed by atoms with Crippen molar-refractivity contribution in [2.24, 2.45) is 0 Å². The van der Waals surface area contributed by atoms with Gasteiger partial charge in [-0.05, 0) is 43.2 Å². The molecule has 6 nitrogen and oxygen atoms in total. The Balaban J connectivity index is 1.78. The standard InChI is InChI=1S/C20H16N4O2S/c1-11-7-3-4-8-13(11)22-19(26)16-12(2)15-18(25)23-17(24-20(15)27-16)14-9-5-6-10-21-14/h3-10H,1-2H3,(H,22,26)(H,23,24,25). The molecule has 0 unspecified atom stereocenters. The Hall–Kier alpha value is -3.32. The first-order valence-corrected chi connectivity index (χ1v) is 9.18. The van der Waals surface area contributed by atoms with Crippen molar-refractivity contribution >= 4 is 33.1 Å². The van der Waals surface area contributed by atoms with Crippen molar-refractivity contribution in [3.05, 3.63) is 75.0 Å². The first-order chi connectivity index (χ1) is 13.0. The number of amides is 1. The zero-order valence-corrected chi connectivity index (χ0v) is 15.6. The number of para-hydroxylation sites is 1. The molecular weight excluding hydrogens is 360 g/mol. The van der Waals surface area contributed by atoms with Crippen molar-refractivity contribution in [2.75, 3.05) is 5.32 Å². The number of hydrogen-bond donors (Lipinski definition) is 2. The Morgan fingerprint density at radius 3 is 2.63 bits per heavy atom. The van der Waals surface area contributed by atoms with Crippen LogP contribution in [0.15, 0.2) is 53.5 Å². The second-order valence-corrected chi connectivity index (χ2v) is 7.13. The number of fused-ring (bicyclic) bond motifs is 1. The molecule has 0 aliphatic heterocycles. The van der Waals surface area contributed by atoms with Crippen LogP contribution in [0.1, 0.15) is 20.8 Å². The molecule has 0 saturated carbocycles. The molecule has 1 amide bonds. The minimum absolute atomic E-state index is 0.247. The minimum Gasteiger partial charge on any atom is -0.321 e. The lowest BCUT2D eigenvalue weighted by Crippen LogP contribution is -2.13. The normalized spacial score (nSPS) is 10.9. The lowest BCUT2D eigenvalue weighted by atomic mass is 10.2. The molecule has 0 atom stereocenters. The van der Waals surface area contributed by atoms with Crippen LogP contribution in [0.3, 0.4) is 0 Å². The third-order valence-electron chi connectivity index (χ3n) is 4.31. The molecule has 0 radical (unpaired) electrons. The number of carbonyl (C=O) groups excluding carboxylic acids is 1. The molecular formula is C20H16N4O2S. The van der Waals surface area contributed by atoms with Gasteiger partial charge in [0.2, 0.25) is 0 Å². The molecule has 27 heavy (non-hydrogen) atoms. The van der Waals surface area contributed by atoms with Crippen molar-refractivity contribution in [3.63, 3.8) is 0 Å². The number of aromatic amines is 1. The summed E-state index contributed by atoms with van der Waals surface area (Å²) in [5.41, 5.74) is 2.65. The number of hydrogen-bond acceptors (Lipinski definition) is 5. The Bertz CT molecular complexity index is 1210. The van der Waals surface area contributed by atoms with Gasteiger partial charge in [-0.15, -0.1) is 11.3 Å². The minimum atomic E-state index is -0.274. The molecule has 7 heteroatoms. The van der Waals surface area contributed by atoms with E-state index in [1.807, 2.05) is 37.3 Å². The Morgan fingerprint density at radius 2 is 1.89 bits per heavy atom. The summed E-state index contributed by atoms with van der Waals surface area (Å²) in [6.45, 7) is 3.70. The summed E-state index contributed by atoms with van der Waals surface area (Å²) in [4.78, 5) is 37.9. The van der Waals surface area contributed by atoms with Crippen LogP contribution in [-0.2, 0) is 0 Å². The van der Waals surface area contributed by atoms with Crippen molar-refractivity contribution in [1.82, 2.24) is 15.0 Å². The Kier molecular flexibility index (Phi) is 4.29. The fourth-order valence-electron chi connectivity index (χ4n) is 2.88. The number of aromatic nitrogens is 3. The highest BCUT2D eigenvalue weighted by Crippen LogP contribution is 2.29. The Labute approximate surface area is 158 Å². The van der Waals surface area contributed by atoms with Crippen molar-refractivity contribution < 1.29 is 4.79 Å². The van der Waals surface area contributed by atoms with Crippen LogP contribution in [-0.4, -0.2) is 20.9 Å². The number of carbonyl (C=O) groups is 1. The number of thiophene rings is 1. The molecule has 0 spiro atoms. The van der Waals surface area contributed by atoms with E-state index in [-0.39, 0.29) is 11.5 Å². The second kappa shape index (κ2) is 6.77. The predicted molar refractivity (Wildman–Crippen MR) is 107 cm³/mol. The fraction of sp³-hybridized carbons (Fsp3) is 0.100. The van der Waals surface area contributed by atoms with Gasteiger partial charge in [-0.25, -0.2) is 4.98 Å². The highest BCUT2D eigenvalue weighted by Gasteiger charge is 2.20. The van der Waals surface area contributed by atoms with Crippen molar-refractivity contribution in [3.8, 4) is 11.5 Å². The van der Waals surface area contributed by atoms with Crippen LogP contribution in [0.2, 0.25) is 0 Å². The molecule has 0 fully saturated rings. The summed E-state index contributed by atoms with van der Waals surface area (Å²) in [5, 5.41) is 3.35. The summed E-state index contributed by atoms with van der Waals surface area (Å²) >= 11 is 1.21. The zero-order valence-electron chi connectivity index (χ0n) is 14.7. The van der Waals surface area contributed by atoms with E-state index in [0.717, 1.165) is 11.3 Å². The first-order valence-electron chi connectivity index (χ1n) is 8.36. The van der Waals surface area contributed by atoms with Gasteiger partial charge in [0.1, 0.15) is 10.5 Å². The third-order valence-corrected chi connectivity index (χ3v) is 5.49. The fourth-order valence-corrected chi connectivity index (χ4v) is 3.95. The molecule has 134 valence electrons. The van der Waals surface area contributed by atoms with E-state index in [1.165, 1.54) is 11.3 Å². The van der Waals surface area contributed by atoms with Gasteiger partial charge >= 0.3 is 0 Å². The lowest BCUT2D eigenvalue weighted by Gasteiger charge is -2.07. The van der Waals surface area contributed by atoms with E-state index in [4.69, 9.17) is 0 Å². The number of nitrogens with zero attached hydrogens (tertiary/aromatic N) is 2. The van der Waals surface area contributed by atoms with E-state index in [2.05, 4.69) is 20.3 Å². The van der Waals surface area contributed by atoms with Gasteiger partial charge in [-0.3, -0.25) is 14.6 Å². The Morgan fingerprint density at radius 1 is 1.11 bits per heavy atom. The van der Waals surface area contributed by atoms with E-state index >= 15 is 0 Å².